The summed E-state index contributed by atoms with van der Waals surface area (Å²) in [7, 11) is 0. The van der Waals surface area contributed by atoms with E-state index in [2.05, 4.69) is 36.6 Å². The van der Waals surface area contributed by atoms with Crippen molar-refractivity contribution in [3.63, 3.8) is 0 Å². The highest BCUT2D eigenvalue weighted by atomic mass is 35.5. The second-order valence-electron chi connectivity index (χ2n) is 8.30. The number of aromatic nitrogens is 4. The molecule has 11 heteroatoms. The number of morpholine rings is 1. The van der Waals surface area contributed by atoms with Gasteiger partial charge in [-0.25, -0.2) is 23.7 Å². The molecule has 2 aromatic heterocycles. The van der Waals surface area contributed by atoms with Crippen LogP contribution in [0.2, 0.25) is 5.15 Å². The Morgan fingerprint density at radius 3 is 2.47 bits per heavy atom. The van der Waals surface area contributed by atoms with Crippen LogP contribution < -0.4 is 14.7 Å². The molecule has 34 heavy (non-hydrogen) atoms. The molecule has 2 fully saturated rings. The zero-order valence-electron chi connectivity index (χ0n) is 18.7. The molecule has 0 N–H and O–H groups in total. The van der Waals surface area contributed by atoms with Crippen molar-refractivity contribution in [1.29, 1.82) is 0 Å². The number of ether oxygens (including phenoxy) is 1. The summed E-state index contributed by atoms with van der Waals surface area (Å²) in [6, 6.07) is 5.73. The second-order valence-corrected chi connectivity index (χ2v) is 8.66. The maximum atomic E-state index is 14.0. The van der Waals surface area contributed by atoms with Gasteiger partial charge in [0.2, 0.25) is 5.95 Å². The molecule has 0 unspecified atom stereocenters. The predicted octanol–water partition coefficient (Wildman–Crippen LogP) is 3.42. The van der Waals surface area contributed by atoms with Crippen molar-refractivity contribution in [3.05, 3.63) is 53.4 Å². The van der Waals surface area contributed by atoms with Gasteiger partial charge >= 0.3 is 0 Å². The van der Waals surface area contributed by atoms with Gasteiger partial charge in [0, 0.05) is 62.8 Å². The van der Waals surface area contributed by atoms with Crippen molar-refractivity contribution in [1.82, 2.24) is 19.9 Å². The lowest BCUT2D eigenvalue weighted by Gasteiger charge is -2.41. The minimum Gasteiger partial charge on any atom is -0.378 e. The third-order valence-corrected chi connectivity index (χ3v) is 6.33. The third-order valence-electron chi connectivity index (χ3n) is 6.07. The molecule has 0 aliphatic carbocycles. The SMILES string of the molecule is C[C@H]1CN(c2nccnc2Cl)CCN1c1cc(-c2ccc(F)c(F)c2)nc(N2CCOCC2)n1. The number of nitrogens with zero attached hydrogens (tertiary/aromatic N) is 7. The van der Waals surface area contributed by atoms with Crippen molar-refractivity contribution < 1.29 is 13.5 Å². The molecule has 0 saturated carbocycles. The quantitative estimate of drug-likeness (QED) is 0.554. The van der Waals surface area contributed by atoms with Crippen LogP contribution in [0.3, 0.4) is 0 Å². The van der Waals surface area contributed by atoms with E-state index in [1.807, 2.05) is 6.07 Å². The van der Waals surface area contributed by atoms with Gasteiger partial charge in [-0.2, -0.15) is 4.98 Å². The lowest BCUT2D eigenvalue weighted by Crippen LogP contribution is -2.53. The van der Waals surface area contributed by atoms with Crippen molar-refractivity contribution in [2.24, 2.45) is 0 Å². The minimum absolute atomic E-state index is 0.0806. The minimum atomic E-state index is -0.909. The van der Waals surface area contributed by atoms with E-state index in [4.69, 9.17) is 21.3 Å². The van der Waals surface area contributed by atoms with Crippen LogP contribution in [-0.2, 0) is 4.74 Å². The van der Waals surface area contributed by atoms with Gasteiger partial charge in [0.1, 0.15) is 5.82 Å². The fourth-order valence-electron chi connectivity index (χ4n) is 4.29. The first-order valence-electron chi connectivity index (χ1n) is 11.1. The summed E-state index contributed by atoms with van der Waals surface area (Å²) in [5.41, 5.74) is 1.03. The van der Waals surface area contributed by atoms with Crippen LogP contribution in [0.4, 0.5) is 26.4 Å². The zero-order chi connectivity index (χ0) is 23.7. The molecule has 0 bridgehead atoms. The largest absolute Gasteiger partial charge is 0.378 e. The number of hydrogen-bond acceptors (Lipinski definition) is 8. The van der Waals surface area contributed by atoms with E-state index in [1.54, 1.807) is 12.4 Å². The van der Waals surface area contributed by atoms with Crippen LogP contribution in [0.15, 0.2) is 36.7 Å². The van der Waals surface area contributed by atoms with Crippen molar-refractivity contribution in [2.75, 3.05) is 60.6 Å². The fourth-order valence-corrected chi connectivity index (χ4v) is 4.52. The van der Waals surface area contributed by atoms with E-state index >= 15 is 0 Å². The molecule has 2 aliphatic rings. The van der Waals surface area contributed by atoms with Crippen LogP contribution in [0.25, 0.3) is 11.3 Å². The number of piperazine rings is 1. The van der Waals surface area contributed by atoms with E-state index in [0.29, 0.717) is 74.1 Å². The molecule has 2 saturated heterocycles. The molecule has 1 aromatic carbocycles. The first-order valence-corrected chi connectivity index (χ1v) is 11.5. The molecule has 1 atom stereocenters. The van der Waals surface area contributed by atoms with Crippen LogP contribution in [-0.4, -0.2) is 71.9 Å². The predicted molar refractivity (Wildman–Crippen MR) is 126 cm³/mol. The van der Waals surface area contributed by atoms with Crippen LogP contribution in [0.1, 0.15) is 6.92 Å². The zero-order valence-corrected chi connectivity index (χ0v) is 19.4. The highest BCUT2D eigenvalue weighted by Crippen LogP contribution is 2.30. The molecule has 4 heterocycles. The Kier molecular flexibility index (Phi) is 6.42. The maximum absolute atomic E-state index is 14.0. The Morgan fingerprint density at radius 2 is 1.74 bits per heavy atom. The summed E-state index contributed by atoms with van der Waals surface area (Å²) in [6.07, 6.45) is 3.20. The summed E-state index contributed by atoms with van der Waals surface area (Å²) in [5, 5.41) is 0.375. The molecule has 8 nitrogen and oxygen atoms in total. The number of halogens is 3. The van der Waals surface area contributed by atoms with Gasteiger partial charge in [0.25, 0.3) is 0 Å². The Labute approximate surface area is 201 Å². The molecule has 178 valence electrons. The molecule has 0 amide bonds. The van der Waals surface area contributed by atoms with Crippen molar-refractivity contribution >= 4 is 29.2 Å². The van der Waals surface area contributed by atoms with Gasteiger partial charge in [0.05, 0.1) is 18.9 Å². The maximum Gasteiger partial charge on any atom is 0.228 e. The highest BCUT2D eigenvalue weighted by molar-refractivity contribution is 6.31. The molecular weight excluding hydrogens is 464 g/mol. The smallest absolute Gasteiger partial charge is 0.228 e. The topological polar surface area (TPSA) is 70.5 Å². The van der Waals surface area contributed by atoms with Gasteiger partial charge in [-0.1, -0.05) is 11.6 Å². The first-order chi connectivity index (χ1) is 16.5. The van der Waals surface area contributed by atoms with Gasteiger partial charge in [-0.15, -0.1) is 0 Å². The second kappa shape index (κ2) is 9.63. The fraction of sp³-hybridized carbons (Fsp3) is 0.391. The number of rotatable bonds is 4. The Bertz CT molecular complexity index is 1180. The van der Waals surface area contributed by atoms with Gasteiger partial charge in [0.15, 0.2) is 22.6 Å². The number of benzene rings is 1. The summed E-state index contributed by atoms with van der Waals surface area (Å²) in [4.78, 5) is 24.4. The number of hydrogen-bond donors (Lipinski definition) is 0. The van der Waals surface area contributed by atoms with E-state index in [9.17, 15) is 8.78 Å². The average Bonchev–Trinajstić information content (AvgIpc) is 2.86. The summed E-state index contributed by atoms with van der Waals surface area (Å²) in [6.45, 7) is 6.62. The van der Waals surface area contributed by atoms with Crippen molar-refractivity contribution in [3.8, 4) is 11.3 Å². The molecule has 0 radical (unpaired) electrons. The Hall–Kier alpha value is -3.11. The third kappa shape index (κ3) is 4.60. The summed E-state index contributed by atoms with van der Waals surface area (Å²) < 4.78 is 33.0. The average molecular weight is 488 g/mol. The van der Waals surface area contributed by atoms with Gasteiger partial charge in [-0.3, -0.25) is 0 Å². The first kappa shape index (κ1) is 22.7. The highest BCUT2D eigenvalue weighted by Gasteiger charge is 2.28. The normalized spacial score (nSPS) is 18.9. The van der Waals surface area contributed by atoms with Gasteiger partial charge < -0.3 is 19.4 Å². The van der Waals surface area contributed by atoms with Crippen molar-refractivity contribution in [2.45, 2.75) is 13.0 Å². The molecule has 3 aromatic rings. The monoisotopic (exact) mass is 487 g/mol. The number of anilines is 3. The molecular formula is C23H24ClF2N7O. The van der Waals surface area contributed by atoms with Gasteiger partial charge in [-0.05, 0) is 25.1 Å². The van der Waals surface area contributed by atoms with E-state index in [-0.39, 0.29) is 6.04 Å². The van der Waals surface area contributed by atoms with Crippen LogP contribution in [0.5, 0.6) is 0 Å². The van der Waals surface area contributed by atoms with E-state index in [1.165, 1.54) is 12.1 Å². The van der Waals surface area contributed by atoms with Crippen LogP contribution in [0, 0.1) is 11.6 Å². The van der Waals surface area contributed by atoms with E-state index in [0.717, 1.165) is 11.9 Å². The van der Waals surface area contributed by atoms with Crippen LogP contribution >= 0.6 is 11.6 Å². The summed E-state index contributed by atoms with van der Waals surface area (Å²) >= 11 is 6.26. The molecule has 2 aliphatic heterocycles. The summed E-state index contributed by atoms with van der Waals surface area (Å²) in [5.74, 6) is 0.142. The van der Waals surface area contributed by atoms with E-state index < -0.39 is 11.6 Å². The lowest BCUT2D eigenvalue weighted by atomic mass is 10.1. The Balaban J connectivity index is 1.47. The standard InChI is InChI=1S/C23H24ClF2N7O/c1-15-14-32(22-21(24)27-4-5-28-22)6-7-33(15)20-13-19(16-2-3-17(25)18(26)12-16)29-23(30-20)31-8-10-34-11-9-31/h2-5,12-13,15H,6-11,14H2,1H3/t15-/m0/s1. The lowest BCUT2D eigenvalue weighted by molar-refractivity contribution is 0.122. The molecule has 5 rings (SSSR count). The molecule has 0 spiro atoms. The Morgan fingerprint density at radius 1 is 0.941 bits per heavy atom.